The molecule has 21 heavy (non-hydrogen) atoms. The van der Waals surface area contributed by atoms with Crippen molar-refractivity contribution >= 4 is 21.8 Å². The van der Waals surface area contributed by atoms with Gasteiger partial charge in [0, 0.05) is 11.5 Å². The van der Waals surface area contributed by atoms with Crippen LogP contribution in [0.25, 0.3) is 0 Å². The van der Waals surface area contributed by atoms with Crippen LogP contribution in [-0.4, -0.2) is 17.9 Å². The number of rotatable bonds is 3. The van der Waals surface area contributed by atoms with Gasteiger partial charge in [0.1, 0.15) is 17.2 Å². The Labute approximate surface area is 130 Å². The van der Waals surface area contributed by atoms with Crippen LogP contribution in [0.2, 0.25) is 0 Å². The van der Waals surface area contributed by atoms with E-state index in [1.165, 1.54) is 11.9 Å². The van der Waals surface area contributed by atoms with E-state index in [1.54, 1.807) is 0 Å². The van der Waals surface area contributed by atoms with Crippen molar-refractivity contribution in [1.29, 1.82) is 0 Å². The minimum atomic E-state index is -0.876. The maximum absolute atomic E-state index is 13.9. The van der Waals surface area contributed by atoms with Gasteiger partial charge < -0.3 is 4.90 Å². The number of benzene rings is 2. The van der Waals surface area contributed by atoms with E-state index < -0.39 is 23.1 Å². The molecule has 0 heterocycles. The largest absolute Gasteiger partial charge is 0.335 e. The Morgan fingerprint density at radius 2 is 1.67 bits per heavy atom. The Morgan fingerprint density at radius 1 is 1.14 bits per heavy atom. The zero-order valence-corrected chi connectivity index (χ0v) is 13.2. The zero-order valence-electron chi connectivity index (χ0n) is 11.6. The molecular weight excluding hydrogens is 340 g/mol. The van der Waals surface area contributed by atoms with Crippen LogP contribution < -0.4 is 0 Å². The summed E-state index contributed by atoms with van der Waals surface area (Å²) < 4.78 is 28.0. The van der Waals surface area contributed by atoms with Gasteiger partial charge in [0.25, 0.3) is 5.91 Å². The third-order valence-corrected chi connectivity index (χ3v) is 3.86. The molecular formula is C16H14BrF2NO. The molecule has 0 aliphatic carbocycles. The Bertz CT molecular complexity index is 638. The van der Waals surface area contributed by atoms with Crippen LogP contribution in [0.4, 0.5) is 8.78 Å². The van der Waals surface area contributed by atoms with Crippen molar-refractivity contribution in [3.63, 3.8) is 0 Å². The quantitative estimate of drug-likeness (QED) is 0.791. The minimum Gasteiger partial charge on any atom is -0.335 e. The molecule has 0 fully saturated rings. The summed E-state index contributed by atoms with van der Waals surface area (Å²) in [5.41, 5.74) is 0.356. The van der Waals surface area contributed by atoms with Crippen LogP contribution in [0.1, 0.15) is 28.9 Å². The molecule has 0 aromatic heterocycles. The van der Waals surface area contributed by atoms with Gasteiger partial charge in [-0.1, -0.05) is 46.3 Å². The molecule has 2 nitrogen and oxygen atoms in total. The summed E-state index contributed by atoms with van der Waals surface area (Å²) in [5.74, 6) is -2.44. The SMILES string of the molecule is CC(c1ccccc1)N(C)C(=O)c1c(F)cc(Br)cc1F. The van der Waals surface area contributed by atoms with E-state index in [0.717, 1.165) is 17.7 Å². The summed E-state index contributed by atoms with van der Waals surface area (Å²) in [4.78, 5) is 13.7. The zero-order chi connectivity index (χ0) is 15.6. The second kappa shape index (κ2) is 6.35. The van der Waals surface area contributed by atoms with Gasteiger partial charge in [0.2, 0.25) is 0 Å². The number of nitrogens with zero attached hydrogens (tertiary/aromatic N) is 1. The second-order valence-corrected chi connectivity index (χ2v) is 5.66. The summed E-state index contributed by atoms with van der Waals surface area (Å²) in [7, 11) is 1.53. The van der Waals surface area contributed by atoms with Gasteiger partial charge in [-0.05, 0) is 24.6 Å². The number of amides is 1. The van der Waals surface area contributed by atoms with Crippen molar-refractivity contribution in [3.05, 3.63) is 69.7 Å². The molecule has 2 rings (SSSR count). The molecule has 0 spiro atoms. The van der Waals surface area contributed by atoms with E-state index in [4.69, 9.17) is 0 Å². The summed E-state index contributed by atoms with van der Waals surface area (Å²) in [6.07, 6.45) is 0. The van der Waals surface area contributed by atoms with E-state index in [-0.39, 0.29) is 10.5 Å². The predicted molar refractivity (Wildman–Crippen MR) is 81.0 cm³/mol. The van der Waals surface area contributed by atoms with Crippen molar-refractivity contribution in [3.8, 4) is 0 Å². The lowest BCUT2D eigenvalue weighted by Crippen LogP contribution is -2.31. The summed E-state index contributed by atoms with van der Waals surface area (Å²) in [5, 5.41) is 0. The molecule has 1 unspecified atom stereocenters. The first-order valence-electron chi connectivity index (χ1n) is 6.38. The molecule has 2 aromatic carbocycles. The summed E-state index contributed by atoms with van der Waals surface area (Å²) in [6.45, 7) is 1.81. The van der Waals surface area contributed by atoms with Gasteiger partial charge >= 0.3 is 0 Å². The van der Waals surface area contributed by atoms with Gasteiger partial charge in [0.05, 0.1) is 6.04 Å². The van der Waals surface area contributed by atoms with Crippen LogP contribution in [0, 0.1) is 11.6 Å². The maximum atomic E-state index is 13.9. The van der Waals surface area contributed by atoms with Crippen LogP contribution in [-0.2, 0) is 0 Å². The van der Waals surface area contributed by atoms with Crippen molar-refractivity contribution in [2.45, 2.75) is 13.0 Å². The lowest BCUT2D eigenvalue weighted by Gasteiger charge is -2.25. The number of carbonyl (C=O) groups excluding carboxylic acids is 1. The summed E-state index contributed by atoms with van der Waals surface area (Å²) >= 11 is 2.99. The van der Waals surface area contributed by atoms with E-state index in [0.29, 0.717) is 0 Å². The summed E-state index contributed by atoms with van der Waals surface area (Å²) in [6, 6.07) is 11.2. The Balaban J connectivity index is 2.32. The average Bonchev–Trinajstić information content (AvgIpc) is 2.45. The smallest absolute Gasteiger partial charge is 0.260 e. The van der Waals surface area contributed by atoms with Crippen molar-refractivity contribution in [2.24, 2.45) is 0 Å². The van der Waals surface area contributed by atoms with Gasteiger partial charge in [-0.15, -0.1) is 0 Å². The Morgan fingerprint density at radius 3 is 2.19 bits per heavy atom. The van der Waals surface area contributed by atoms with Crippen molar-refractivity contribution in [2.75, 3.05) is 7.05 Å². The highest BCUT2D eigenvalue weighted by atomic mass is 79.9. The van der Waals surface area contributed by atoms with Crippen molar-refractivity contribution in [1.82, 2.24) is 4.90 Å². The van der Waals surface area contributed by atoms with E-state index in [9.17, 15) is 13.6 Å². The third-order valence-electron chi connectivity index (χ3n) is 3.40. The highest BCUT2D eigenvalue weighted by Gasteiger charge is 2.25. The van der Waals surface area contributed by atoms with Crippen LogP contribution in [0.5, 0.6) is 0 Å². The molecule has 110 valence electrons. The lowest BCUT2D eigenvalue weighted by molar-refractivity contribution is 0.0732. The minimum absolute atomic E-state index is 0.257. The first kappa shape index (κ1) is 15.6. The molecule has 0 aliphatic rings. The molecule has 0 saturated carbocycles. The normalized spacial score (nSPS) is 12.0. The van der Waals surface area contributed by atoms with E-state index in [1.807, 2.05) is 37.3 Å². The highest BCUT2D eigenvalue weighted by molar-refractivity contribution is 9.10. The first-order chi connectivity index (χ1) is 9.91. The number of halogens is 3. The molecule has 0 bridgehead atoms. The molecule has 0 radical (unpaired) electrons. The Kier molecular flexibility index (Phi) is 4.73. The van der Waals surface area contributed by atoms with E-state index in [2.05, 4.69) is 15.9 Å². The fourth-order valence-corrected chi connectivity index (χ4v) is 2.46. The molecule has 5 heteroatoms. The van der Waals surface area contributed by atoms with Gasteiger partial charge in [-0.25, -0.2) is 8.78 Å². The average molecular weight is 354 g/mol. The fraction of sp³-hybridized carbons (Fsp3) is 0.188. The van der Waals surface area contributed by atoms with Crippen LogP contribution in [0.3, 0.4) is 0 Å². The maximum Gasteiger partial charge on any atom is 0.260 e. The lowest BCUT2D eigenvalue weighted by atomic mass is 10.1. The standard InChI is InChI=1S/C16H14BrF2NO/c1-10(11-6-4-3-5-7-11)20(2)16(21)15-13(18)8-12(17)9-14(15)19/h3-10H,1-2H3. The second-order valence-electron chi connectivity index (χ2n) is 4.75. The molecule has 1 atom stereocenters. The Hall–Kier alpha value is -1.75. The van der Waals surface area contributed by atoms with Gasteiger partial charge in [0.15, 0.2) is 0 Å². The monoisotopic (exact) mass is 353 g/mol. The van der Waals surface area contributed by atoms with Crippen LogP contribution in [0.15, 0.2) is 46.9 Å². The van der Waals surface area contributed by atoms with Gasteiger partial charge in [-0.3, -0.25) is 4.79 Å². The first-order valence-corrected chi connectivity index (χ1v) is 7.17. The molecule has 2 aromatic rings. The van der Waals surface area contributed by atoms with Crippen molar-refractivity contribution < 1.29 is 13.6 Å². The number of carbonyl (C=O) groups is 1. The predicted octanol–water partition coefficient (Wildman–Crippen LogP) is 4.56. The van der Waals surface area contributed by atoms with Gasteiger partial charge in [-0.2, -0.15) is 0 Å². The van der Waals surface area contributed by atoms with E-state index >= 15 is 0 Å². The van der Waals surface area contributed by atoms with Crippen LogP contribution >= 0.6 is 15.9 Å². The molecule has 0 saturated heterocycles. The molecule has 0 N–H and O–H groups in total. The highest BCUT2D eigenvalue weighted by Crippen LogP contribution is 2.24. The third kappa shape index (κ3) is 3.29. The molecule has 1 amide bonds. The topological polar surface area (TPSA) is 20.3 Å². The fourth-order valence-electron chi connectivity index (χ4n) is 2.05. The molecule has 0 aliphatic heterocycles. The number of hydrogen-bond acceptors (Lipinski definition) is 1. The number of hydrogen-bond donors (Lipinski definition) is 0.